The summed E-state index contributed by atoms with van der Waals surface area (Å²) in [6.07, 6.45) is 1.40. The topological polar surface area (TPSA) is 118 Å². The Bertz CT molecular complexity index is 1190. The lowest BCUT2D eigenvalue weighted by Gasteiger charge is -2.25. The van der Waals surface area contributed by atoms with Gasteiger partial charge in [0.15, 0.2) is 0 Å². The van der Waals surface area contributed by atoms with Crippen LogP contribution >= 0.6 is 7.75 Å². The highest BCUT2D eigenvalue weighted by atomic mass is 31.2. The molecule has 4 rings (SSSR count). The molecule has 34 heavy (non-hydrogen) atoms. The molecule has 0 aliphatic carbocycles. The van der Waals surface area contributed by atoms with Gasteiger partial charge in [0, 0.05) is 13.2 Å². The number of hydrogen-bond acceptors (Lipinski definition) is 8. The van der Waals surface area contributed by atoms with Gasteiger partial charge < -0.3 is 9.47 Å². The molecule has 3 heterocycles. The van der Waals surface area contributed by atoms with Crippen LogP contribution in [0, 0.1) is 5.82 Å². The van der Waals surface area contributed by atoms with Crippen molar-refractivity contribution in [2.45, 2.75) is 38.2 Å². The summed E-state index contributed by atoms with van der Waals surface area (Å²) in [4.78, 5) is 37.3. The van der Waals surface area contributed by atoms with Crippen LogP contribution < -0.4 is 11.2 Å². The van der Waals surface area contributed by atoms with Gasteiger partial charge in [-0.05, 0) is 18.4 Å². The highest BCUT2D eigenvalue weighted by Gasteiger charge is 2.49. The van der Waals surface area contributed by atoms with E-state index in [1.165, 1.54) is 11.8 Å². The summed E-state index contributed by atoms with van der Waals surface area (Å²) in [5.41, 5.74) is -1.13. The van der Waals surface area contributed by atoms with E-state index in [-0.39, 0.29) is 19.7 Å². The Morgan fingerprint density at radius 2 is 2.03 bits per heavy atom. The Morgan fingerprint density at radius 3 is 2.71 bits per heavy atom. The summed E-state index contributed by atoms with van der Waals surface area (Å²) in [5.74, 6) is -1.76. The number of ether oxygens (including phenoxy) is 2. The standard InChI is InChI=1S/C21H25FN3O8P/c1-30-20(27)17-14-33-34(29,25(17)12-15-6-3-2-4-7-15)32-11-9-23-19(26)16(22)13-24(21(23)28)18-8-5-10-31-18/h2-4,6-7,13,17-18H,5,8-12,14H2,1H3/t17-,18?,34?/m1/s1. The van der Waals surface area contributed by atoms with Gasteiger partial charge in [0.05, 0.1) is 33.1 Å². The number of esters is 1. The Balaban J connectivity index is 1.53. The van der Waals surface area contributed by atoms with Crippen LogP contribution in [0.4, 0.5) is 4.39 Å². The van der Waals surface area contributed by atoms with Gasteiger partial charge in [0.25, 0.3) is 5.56 Å². The van der Waals surface area contributed by atoms with Gasteiger partial charge in [-0.3, -0.25) is 27.8 Å². The Hall–Kier alpha value is -2.63. The van der Waals surface area contributed by atoms with Gasteiger partial charge in [-0.15, -0.1) is 0 Å². The maximum Gasteiger partial charge on any atom is 0.409 e. The smallest absolute Gasteiger partial charge is 0.409 e. The summed E-state index contributed by atoms with van der Waals surface area (Å²) in [6, 6.07) is 8.01. The van der Waals surface area contributed by atoms with Crippen molar-refractivity contribution in [3.05, 3.63) is 68.7 Å². The fourth-order valence-corrected chi connectivity index (χ4v) is 5.77. The highest BCUT2D eigenvalue weighted by molar-refractivity contribution is 7.51. The summed E-state index contributed by atoms with van der Waals surface area (Å²) >= 11 is 0. The fraction of sp³-hybridized carbons (Fsp3) is 0.476. The predicted molar refractivity (Wildman–Crippen MR) is 116 cm³/mol. The summed E-state index contributed by atoms with van der Waals surface area (Å²) in [7, 11) is -2.78. The predicted octanol–water partition coefficient (Wildman–Crippen LogP) is 1.66. The second-order valence-corrected chi connectivity index (χ2v) is 9.78. The number of methoxy groups -OCH3 is 1. The number of nitrogens with zero attached hydrogens (tertiary/aromatic N) is 3. The first-order chi connectivity index (χ1) is 16.3. The molecule has 2 fully saturated rings. The molecule has 2 aliphatic rings. The van der Waals surface area contributed by atoms with Gasteiger partial charge in [0.2, 0.25) is 5.82 Å². The third kappa shape index (κ3) is 4.91. The molecule has 0 N–H and O–H groups in total. The van der Waals surface area contributed by atoms with E-state index in [1.54, 1.807) is 24.3 Å². The van der Waals surface area contributed by atoms with Crippen LogP contribution in [0.25, 0.3) is 0 Å². The molecule has 0 bridgehead atoms. The maximum atomic E-state index is 14.2. The number of halogens is 1. The molecule has 0 radical (unpaired) electrons. The zero-order valence-electron chi connectivity index (χ0n) is 18.5. The van der Waals surface area contributed by atoms with E-state index in [0.717, 1.165) is 16.3 Å². The van der Waals surface area contributed by atoms with E-state index in [9.17, 15) is 23.3 Å². The van der Waals surface area contributed by atoms with Crippen LogP contribution in [0.1, 0.15) is 24.6 Å². The first-order valence-corrected chi connectivity index (χ1v) is 12.2. The molecule has 3 atom stereocenters. The van der Waals surface area contributed by atoms with Crippen molar-refractivity contribution in [3.8, 4) is 0 Å². The summed E-state index contributed by atoms with van der Waals surface area (Å²) in [6.45, 7) is -0.496. The van der Waals surface area contributed by atoms with Gasteiger partial charge in [0.1, 0.15) is 12.3 Å². The van der Waals surface area contributed by atoms with Crippen molar-refractivity contribution in [2.24, 2.45) is 0 Å². The van der Waals surface area contributed by atoms with Crippen LogP contribution in [-0.4, -0.2) is 52.7 Å². The lowest BCUT2D eigenvalue weighted by molar-refractivity contribution is -0.145. The van der Waals surface area contributed by atoms with E-state index < -0.39 is 49.7 Å². The summed E-state index contributed by atoms with van der Waals surface area (Å²) in [5, 5.41) is 0. The second kappa shape index (κ2) is 10.3. The molecule has 184 valence electrons. The second-order valence-electron chi connectivity index (χ2n) is 7.81. The molecule has 13 heteroatoms. The number of carbonyl (C=O) groups excluding carboxylic acids is 1. The van der Waals surface area contributed by atoms with Gasteiger partial charge in [-0.25, -0.2) is 9.36 Å². The van der Waals surface area contributed by atoms with Crippen LogP contribution in [0.15, 0.2) is 46.1 Å². The molecule has 0 spiro atoms. The lowest BCUT2D eigenvalue weighted by Crippen LogP contribution is -2.43. The van der Waals surface area contributed by atoms with E-state index in [2.05, 4.69) is 0 Å². The SMILES string of the molecule is COC(=O)[C@H]1COP(=O)(OCCn2c(=O)c(F)cn(C3CCCO3)c2=O)N1Cc1ccccc1. The molecule has 0 amide bonds. The molecule has 2 saturated heterocycles. The largest absolute Gasteiger partial charge is 0.468 e. The molecule has 2 aliphatic heterocycles. The van der Waals surface area contributed by atoms with Crippen LogP contribution in [0.2, 0.25) is 0 Å². The number of hydrogen-bond donors (Lipinski definition) is 0. The van der Waals surface area contributed by atoms with Gasteiger partial charge in [-0.2, -0.15) is 9.06 Å². The fourth-order valence-electron chi connectivity index (χ4n) is 3.92. The lowest BCUT2D eigenvalue weighted by atomic mass is 10.2. The Morgan fingerprint density at radius 1 is 1.26 bits per heavy atom. The van der Waals surface area contributed by atoms with Crippen molar-refractivity contribution in [1.29, 1.82) is 0 Å². The molecule has 2 unspecified atom stereocenters. The molecule has 1 aromatic heterocycles. The van der Waals surface area contributed by atoms with Crippen molar-refractivity contribution in [1.82, 2.24) is 13.8 Å². The van der Waals surface area contributed by atoms with Crippen molar-refractivity contribution < 1.29 is 32.3 Å². The highest BCUT2D eigenvalue weighted by Crippen LogP contribution is 2.58. The number of carbonyl (C=O) groups is 1. The minimum atomic E-state index is -3.99. The van der Waals surface area contributed by atoms with Crippen molar-refractivity contribution in [2.75, 3.05) is 26.9 Å². The van der Waals surface area contributed by atoms with Crippen molar-refractivity contribution in [3.63, 3.8) is 0 Å². The van der Waals surface area contributed by atoms with E-state index in [4.69, 9.17) is 18.5 Å². The minimum Gasteiger partial charge on any atom is -0.468 e. The zero-order chi connectivity index (χ0) is 24.3. The number of aromatic nitrogens is 2. The quantitative estimate of drug-likeness (QED) is 0.396. The van der Waals surface area contributed by atoms with E-state index in [0.29, 0.717) is 24.0 Å². The third-order valence-electron chi connectivity index (χ3n) is 5.67. The van der Waals surface area contributed by atoms with Crippen LogP contribution in [0.5, 0.6) is 0 Å². The van der Waals surface area contributed by atoms with E-state index in [1.807, 2.05) is 6.07 Å². The van der Waals surface area contributed by atoms with Gasteiger partial charge >= 0.3 is 19.4 Å². The molecule has 2 aromatic rings. The monoisotopic (exact) mass is 497 g/mol. The molecule has 0 saturated carbocycles. The van der Waals surface area contributed by atoms with Gasteiger partial charge in [-0.1, -0.05) is 30.3 Å². The molecule has 11 nitrogen and oxygen atoms in total. The first kappa shape index (κ1) is 24.5. The minimum absolute atomic E-state index is 0.0730. The Kier molecular flexibility index (Phi) is 7.44. The van der Waals surface area contributed by atoms with Crippen LogP contribution in [-0.2, 0) is 41.0 Å². The molecular weight excluding hydrogens is 472 g/mol. The number of rotatable bonds is 8. The molecule has 1 aromatic carbocycles. The van der Waals surface area contributed by atoms with E-state index >= 15 is 0 Å². The maximum absolute atomic E-state index is 14.2. The summed E-state index contributed by atoms with van der Waals surface area (Å²) < 4.78 is 51.8. The van der Waals surface area contributed by atoms with Crippen molar-refractivity contribution >= 4 is 13.7 Å². The van der Waals surface area contributed by atoms with Crippen LogP contribution in [0.3, 0.4) is 0 Å². The zero-order valence-corrected chi connectivity index (χ0v) is 19.4. The third-order valence-corrected chi connectivity index (χ3v) is 7.70. The first-order valence-electron chi connectivity index (χ1n) is 10.7. The molecular formula is C21H25FN3O8P. The average molecular weight is 497 g/mol. The normalized spacial score (nSPS) is 25.0. The number of benzene rings is 1. The average Bonchev–Trinajstić information content (AvgIpc) is 3.48. The Labute approximate surface area is 194 Å².